The molecule has 0 aliphatic carbocycles. The summed E-state index contributed by atoms with van der Waals surface area (Å²) in [6.45, 7) is 8.96. The van der Waals surface area contributed by atoms with Crippen molar-refractivity contribution in [3.05, 3.63) is 382 Å². The van der Waals surface area contributed by atoms with Crippen molar-refractivity contribution in [3.63, 3.8) is 0 Å². The molecule has 0 atom stereocenters. The topological polar surface area (TPSA) is 169 Å². The third kappa shape index (κ3) is 23.6. The normalized spacial score (nSPS) is 10.5. The maximum atomic E-state index is 10.7. The van der Waals surface area contributed by atoms with Crippen LogP contribution in [0.1, 0.15) is 50.7 Å². The van der Waals surface area contributed by atoms with E-state index in [9.17, 15) is 13.2 Å². The number of fused-ring (bicyclic) bond motifs is 2. The van der Waals surface area contributed by atoms with Gasteiger partial charge in [-0.25, -0.2) is 4.98 Å². The molecular weight excluding hydrogens is 1760 g/mol. The Hall–Kier alpha value is -11.3. The average molecular weight is 1840 g/mol. The maximum absolute atomic E-state index is 10.7. The smallest absolute Gasteiger partial charge is 0.400 e. The number of rotatable bonds is 11. The largest absolute Gasteiger partial charge is 0.522 e. The van der Waals surface area contributed by atoms with E-state index in [0.29, 0.717) is 11.8 Å². The Morgan fingerprint density at radius 3 is 0.945 bits per heavy atom. The first-order valence-electron chi connectivity index (χ1n) is 34.5. The molecule has 0 saturated carbocycles. The van der Waals surface area contributed by atoms with Crippen LogP contribution in [0.15, 0.2) is 346 Å². The van der Waals surface area contributed by atoms with Gasteiger partial charge in [0.2, 0.25) is 0 Å². The molecule has 16 aromatic rings. The van der Waals surface area contributed by atoms with Gasteiger partial charge in [-0.2, -0.15) is 21.6 Å². The number of aliphatic hydroxyl groups is 2. The Morgan fingerprint density at radius 1 is 0.345 bits per heavy atom. The molecule has 0 fully saturated rings. The van der Waals surface area contributed by atoms with E-state index in [4.69, 9.17) is 33.2 Å². The second kappa shape index (κ2) is 43.7. The summed E-state index contributed by atoms with van der Waals surface area (Å²) in [5.74, 6) is 2.73. The van der Waals surface area contributed by atoms with Gasteiger partial charge in [0, 0.05) is 84.3 Å². The second-order valence-corrected chi connectivity index (χ2v) is 25.6. The van der Waals surface area contributed by atoms with Gasteiger partial charge in [-0.3, -0.25) is 14.1 Å². The molecule has 562 valence electrons. The van der Waals surface area contributed by atoms with E-state index < -0.39 is 15.6 Å². The summed E-state index contributed by atoms with van der Waals surface area (Å²) in [5, 5.41) is 14.0. The minimum atomic E-state index is -5.84. The summed E-state index contributed by atoms with van der Waals surface area (Å²) in [6.07, 6.45) is 5.36. The van der Waals surface area contributed by atoms with E-state index >= 15 is 0 Å². The molecule has 0 aliphatic rings. The Morgan fingerprint density at radius 2 is 0.636 bits per heavy atom. The molecule has 0 bridgehead atoms. The van der Waals surface area contributed by atoms with Crippen molar-refractivity contribution in [2.24, 2.45) is 0 Å². The van der Waals surface area contributed by atoms with Crippen LogP contribution in [0.3, 0.4) is 0 Å². The third-order valence-electron chi connectivity index (χ3n) is 16.3. The molecule has 3 N–H and O–H groups in total. The number of hydrogen-bond acceptors (Lipinski definition) is 9. The van der Waals surface area contributed by atoms with E-state index in [1.165, 1.54) is 44.8 Å². The number of aliphatic hydroxyl groups excluding tert-OH is 2. The fraction of sp³-hybridized carbons (Fsp3) is 0.0978. The molecular formula is C92H80F3Ir2N7O5S-4. The quantitative estimate of drug-likeness (QED) is 0.0644. The Labute approximate surface area is 668 Å². The molecule has 5 aromatic heterocycles. The Bertz CT molecular complexity index is 4940. The van der Waals surface area contributed by atoms with Crippen molar-refractivity contribution in [2.75, 3.05) is 14.2 Å². The van der Waals surface area contributed by atoms with Crippen molar-refractivity contribution in [1.82, 2.24) is 34.1 Å². The number of imidazole rings is 2. The van der Waals surface area contributed by atoms with Gasteiger partial charge in [-0.1, -0.05) is 204 Å². The zero-order valence-electron chi connectivity index (χ0n) is 61.1. The molecule has 0 saturated heterocycles. The van der Waals surface area contributed by atoms with Crippen molar-refractivity contribution in [1.29, 1.82) is 0 Å². The van der Waals surface area contributed by atoms with Gasteiger partial charge in [-0.05, 0) is 117 Å². The summed E-state index contributed by atoms with van der Waals surface area (Å²) < 4.78 is 62.1. The molecule has 2 radical (unpaired) electrons. The summed E-state index contributed by atoms with van der Waals surface area (Å²) in [7, 11) is -3.84. The number of halogens is 3. The van der Waals surface area contributed by atoms with E-state index in [-0.39, 0.29) is 40.2 Å². The van der Waals surface area contributed by atoms with Gasteiger partial charge in [0.1, 0.15) is 5.82 Å². The van der Waals surface area contributed by atoms with Crippen LogP contribution in [0.25, 0.3) is 112 Å². The monoisotopic (exact) mass is 1840 g/mol. The van der Waals surface area contributed by atoms with Crippen LogP contribution in [-0.4, -0.2) is 77.0 Å². The second-order valence-electron chi connectivity index (χ2n) is 24.1. The van der Waals surface area contributed by atoms with Crippen LogP contribution in [0.5, 0.6) is 0 Å². The van der Waals surface area contributed by atoms with E-state index in [0.717, 1.165) is 92.8 Å². The number of pyridine rings is 3. The standard InChI is InChI=1S/C28H24N2.C28H23N2.3C11H8N.CHF3O3S.2CH4O.2Ir/c2*1-20(2)24-15-9-10-16-26(24)30-27-18-17-23(21-11-5-3-6-12-21)19-25(27)29-28(30)22-13-7-4-8-14-22;3*1-2-6-10(7-3-1)11-8-4-5-9-12-11;2-1(3,4)8(5,6)7;2*1-2;;/h3-20H,1-2H3;3-13,15-20H,1-2H3;3*1-6,8-9H;(H,5,6,7);2*2H,1H3;;/q;4*-1;;;;;. The van der Waals surface area contributed by atoms with E-state index in [2.05, 4.69) is 240 Å². The first-order chi connectivity index (χ1) is 52.6. The SMILES string of the molecule is CC(C)c1ccccc1-n1c(-c2[c-]cccc2)nc2cc(-c3ccccc3)ccc21.CC(C)c1ccccc1-n1c(-c2ccccc2)nc2cc(-c3ccccc3)ccc21.CO.CO.O=S(=O)(O)C(F)(F)F.[Ir].[Ir].[c-]1ccccc1-c1ccccn1.[c-]1ccccc1-c1ccccn1.[c-]1ccccc1-c1ccccn1. The third-order valence-corrected chi connectivity index (χ3v) is 16.9. The van der Waals surface area contributed by atoms with Crippen molar-refractivity contribution >= 4 is 32.2 Å². The molecule has 0 aliphatic heterocycles. The minimum Gasteiger partial charge on any atom is -0.400 e. The van der Waals surface area contributed by atoms with Gasteiger partial charge >= 0.3 is 15.6 Å². The summed E-state index contributed by atoms with van der Waals surface area (Å²) in [4.78, 5) is 22.8. The fourth-order valence-corrected chi connectivity index (χ4v) is 11.3. The van der Waals surface area contributed by atoms with Gasteiger partial charge in [-0.15, -0.1) is 144 Å². The average Bonchev–Trinajstić information content (AvgIpc) is 1.60. The molecule has 12 nitrogen and oxygen atoms in total. The van der Waals surface area contributed by atoms with Crippen LogP contribution in [0, 0.1) is 24.3 Å². The number of nitrogens with zero attached hydrogens (tertiary/aromatic N) is 7. The molecule has 16 rings (SSSR count). The first kappa shape index (κ1) is 86.0. The fourth-order valence-electron chi connectivity index (χ4n) is 11.3. The number of alkyl halides is 3. The predicted octanol–water partition coefficient (Wildman–Crippen LogP) is 22.0. The van der Waals surface area contributed by atoms with Crippen LogP contribution >= 0.6 is 0 Å². The molecule has 11 aromatic carbocycles. The van der Waals surface area contributed by atoms with Crippen LogP contribution < -0.4 is 0 Å². The Balaban J connectivity index is 0.000000194. The van der Waals surface area contributed by atoms with Gasteiger partial charge in [0.05, 0.1) is 33.6 Å². The zero-order chi connectivity index (χ0) is 76.7. The van der Waals surface area contributed by atoms with Crippen LogP contribution in [-0.2, 0) is 50.3 Å². The van der Waals surface area contributed by atoms with Crippen molar-refractivity contribution in [2.45, 2.75) is 45.0 Å². The zero-order valence-corrected chi connectivity index (χ0v) is 66.7. The minimum absolute atomic E-state index is 0. The van der Waals surface area contributed by atoms with Crippen molar-refractivity contribution in [3.8, 4) is 90.2 Å². The number of para-hydroxylation sites is 2. The first-order valence-corrected chi connectivity index (χ1v) is 36.0. The Kier molecular flexibility index (Phi) is 34.1. The molecule has 0 spiro atoms. The number of benzene rings is 11. The van der Waals surface area contributed by atoms with Gasteiger partial charge in [0.15, 0.2) is 0 Å². The summed E-state index contributed by atoms with van der Waals surface area (Å²) in [6, 6.07) is 124. The molecule has 0 amide bonds. The van der Waals surface area contributed by atoms with Crippen molar-refractivity contribution < 1.29 is 76.6 Å². The number of aromatic nitrogens is 7. The maximum Gasteiger partial charge on any atom is 0.522 e. The van der Waals surface area contributed by atoms with Crippen LogP contribution in [0.4, 0.5) is 13.2 Å². The number of hydrogen-bond donors (Lipinski definition) is 3. The molecule has 5 heterocycles. The van der Waals surface area contributed by atoms with Gasteiger partial charge < -0.3 is 29.7 Å². The molecule has 18 heteroatoms. The van der Waals surface area contributed by atoms with E-state index in [1.54, 1.807) is 18.6 Å². The predicted molar refractivity (Wildman–Crippen MR) is 430 cm³/mol. The van der Waals surface area contributed by atoms with E-state index in [1.807, 2.05) is 164 Å². The summed E-state index contributed by atoms with van der Waals surface area (Å²) >= 11 is 0. The molecule has 110 heavy (non-hydrogen) atoms. The molecule has 0 unspecified atom stereocenters. The summed E-state index contributed by atoms with van der Waals surface area (Å²) in [5.41, 5.74) is 16.6. The van der Waals surface area contributed by atoms with Crippen LogP contribution in [0.2, 0.25) is 0 Å². The van der Waals surface area contributed by atoms with Gasteiger partial charge in [0.25, 0.3) is 0 Å².